The van der Waals surface area contributed by atoms with Gasteiger partial charge in [-0.15, -0.1) is 0 Å². The second-order valence-electron chi connectivity index (χ2n) is 9.68. The van der Waals surface area contributed by atoms with Gasteiger partial charge in [0.1, 0.15) is 5.65 Å². The number of aromatic nitrogens is 2. The van der Waals surface area contributed by atoms with E-state index < -0.39 is 0 Å². The maximum atomic E-state index is 13.2. The first-order valence-electron chi connectivity index (χ1n) is 12.6. The zero-order chi connectivity index (χ0) is 23.9. The van der Waals surface area contributed by atoms with Crippen molar-refractivity contribution >= 4 is 17.5 Å². The van der Waals surface area contributed by atoms with Crippen molar-refractivity contribution in [1.29, 1.82) is 0 Å². The van der Waals surface area contributed by atoms with E-state index in [9.17, 15) is 9.59 Å². The maximum Gasteiger partial charge on any atom is 0.252 e. The molecule has 8 heteroatoms. The highest BCUT2D eigenvalue weighted by molar-refractivity contribution is 5.94. The molecule has 8 nitrogen and oxygen atoms in total. The number of likely N-dealkylation sites (tertiary alicyclic amines) is 1. The van der Waals surface area contributed by atoms with Crippen molar-refractivity contribution in [1.82, 2.24) is 19.6 Å². The Morgan fingerprint density at radius 2 is 1.91 bits per heavy atom. The standard InChI is InChI=1S/C26H38N4O4/c1-33-21-7-8-23(34-2)22(17-21)26(32)29-14-10-19(11-15-29)5-3-4-12-28-25(31)20-6-9-24-27-13-16-30(24)18-20/h6,9,13,16,18-19,21-23H,3-5,7-8,10-12,14-15,17H2,1-2H3,(H,28,31). The fourth-order valence-electron chi connectivity index (χ4n) is 5.45. The number of pyridine rings is 1. The van der Waals surface area contributed by atoms with Gasteiger partial charge in [0.2, 0.25) is 5.91 Å². The van der Waals surface area contributed by atoms with Crippen LogP contribution in [0.5, 0.6) is 0 Å². The Labute approximate surface area is 202 Å². The lowest BCUT2D eigenvalue weighted by Gasteiger charge is -2.39. The summed E-state index contributed by atoms with van der Waals surface area (Å²) in [5.41, 5.74) is 1.48. The van der Waals surface area contributed by atoms with Crippen molar-refractivity contribution in [3.05, 3.63) is 36.3 Å². The number of fused-ring (bicyclic) bond motifs is 1. The number of methoxy groups -OCH3 is 2. The van der Waals surface area contributed by atoms with Crippen LogP contribution in [-0.2, 0) is 14.3 Å². The quantitative estimate of drug-likeness (QED) is 0.569. The zero-order valence-electron chi connectivity index (χ0n) is 20.4. The number of rotatable bonds is 9. The molecule has 1 saturated carbocycles. The molecule has 186 valence electrons. The van der Waals surface area contributed by atoms with Crippen molar-refractivity contribution in [2.24, 2.45) is 11.8 Å². The Hall–Kier alpha value is -2.45. The topological polar surface area (TPSA) is 85.2 Å². The molecule has 1 aliphatic heterocycles. The Morgan fingerprint density at radius 1 is 1.09 bits per heavy atom. The van der Waals surface area contributed by atoms with E-state index in [0.29, 0.717) is 18.0 Å². The molecule has 2 amide bonds. The Bertz CT molecular complexity index is 953. The fraction of sp³-hybridized carbons (Fsp3) is 0.654. The van der Waals surface area contributed by atoms with Gasteiger partial charge in [-0.05, 0) is 56.6 Å². The van der Waals surface area contributed by atoms with Gasteiger partial charge in [-0.1, -0.05) is 12.8 Å². The first kappa shape index (κ1) is 24.7. The number of carbonyl (C=O) groups is 2. The lowest BCUT2D eigenvalue weighted by molar-refractivity contribution is -0.147. The molecule has 2 aromatic rings. The average molecular weight is 471 g/mol. The van der Waals surface area contributed by atoms with Crippen molar-refractivity contribution < 1.29 is 19.1 Å². The lowest BCUT2D eigenvalue weighted by atomic mass is 9.82. The van der Waals surface area contributed by atoms with Crippen LogP contribution in [0.1, 0.15) is 61.7 Å². The highest BCUT2D eigenvalue weighted by atomic mass is 16.5. The van der Waals surface area contributed by atoms with Gasteiger partial charge in [0.05, 0.1) is 23.7 Å². The molecule has 1 N–H and O–H groups in total. The van der Waals surface area contributed by atoms with Crippen LogP contribution in [-0.4, -0.2) is 72.2 Å². The van der Waals surface area contributed by atoms with Crippen LogP contribution < -0.4 is 5.32 Å². The van der Waals surface area contributed by atoms with Crippen LogP contribution >= 0.6 is 0 Å². The minimum absolute atomic E-state index is 0.00805. The molecule has 34 heavy (non-hydrogen) atoms. The van der Waals surface area contributed by atoms with Gasteiger partial charge in [0, 0.05) is 52.4 Å². The van der Waals surface area contributed by atoms with E-state index in [0.717, 1.165) is 70.1 Å². The minimum atomic E-state index is -0.0849. The normalized spacial score (nSPS) is 23.8. The van der Waals surface area contributed by atoms with E-state index in [1.807, 2.05) is 33.8 Å². The molecule has 0 aromatic carbocycles. The molecule has 0 bridgehead atoms. The van der Waals surface area contributed by atoms with Crippen molar-refractivity contribution in [2.45, 2.75) is 63.6 Å². The van der Waals surface area contributed by atoms with Gasteiger partial charge in [0.25, 0.3) is 5.91 Å². The lowest BCUT2D eigenvalue weighted by Crippen LogP contribution is -2.48. The van der Waals surface area contributed by atoms with Gasteiger partial charge < -0.3 is 24.1 Å². The Kier molecular flexibility index (Phi) is 8.56. The number of hydrogen-bond donors (Lipinski definition) is 1. The first-order chi connectivity index (χ1) is 16.6. The fourth-order valence-corrected chi connectivity index (χ4v) is 5.45. The number of ether oxygens (including phenoxy) is 2. The Balaban J connectivity index is 1.13. The third-order valence-corrected chi connectivity index (χ3v) is 7.59. The van der Waals surface area contributed by atoms with Crippen molar-refractivity contribution in [2.75, 3.05) is 33.9 Å². The summed E-state index contributed by atoms with van der Waals surface area (Å²) in [5.74, 6) is 0.761. The number of carbonyl (C=O) groups excluding carboxylic acids is 2. The average Bonchev–Trinajstić information content (AvgIpc) is 3.36. The summed E-state index contributed by atoms with van der Waals surface area (Å²) >= 11 is 0. The number of piperidine rings is 1. The van der Waals surface area contributed by atoms with Gasteiger partial charge in [-0.2, -0.15) is 0 Å². The van der Waals surface area contributed by atoms with Gasteiger partial charge in [-0.3, -0.25) is 9.59 Å². The molecule has 1 aliphatic carbocycles. The summed E-state index contributed by atoms with van der Waals surface area (Å²) in [6.45, 7) is 2.35. The van der Waals surface area contributed by atoms with Crippen LogP contribution in [0.15, 0.2) is 30.7 Å². The number of imidazole rings is 1. The molecule has 2 aromatic heterocycles. The molecule has 1 saturated heterocycles. The highest BCUT2D eigenvalue weighted by Gasteiger charge is 2.38. The van der Waals surface area contributed by atoms with Crippen LogP contribution in [0, 0.1) is 11.8 Å². The smallest absolute Gasteiger partial charge is 0.252 e. The van der Waals surface area contributed by atoms with E-state index in [4.69, 9.17) is 9.47 Å². The van der Waals surface area contributed by atoms with Gasteiger partial charge in [0.15, 0.2) is 0 Å². The summed E-state index contributed by atoms with van der Waals surface area (Å²) in [6.07, 6.45) is 13.5. The molecular weight excluding hydrogens is 432 g/mol. The molecule has 4 rings (SSSR count). The van der Waals surface area contributed by atoms with Crippen LogP contribution in [0.25, 0.3) is 5.65 Å². The van der Waals surface area contributed by atoms with E-state index in [1.165, 1.54) is 0 Å². The molecule has 2 fully saturated rings. The number of nitrogens with one attached hydrogen (secondary N) is 1. The molecular formula is C26H38N4O4. The number of nitrogens with zero attached hydrogens (tertiary/aromatic N) is 3. The summed E-state index contributed by atoms with van der Waals surface area (Å²) < 4.78 is 13.0. The van der Waals surface area contributed by atoms with Crippen molar-refractivity contribution in [3.8, 4) is 0 Å². The minimum Gasteiger partial charge on any atom is -0.381 e. The monoisotopic (exact) mass is 470 g/mol. The molecule has 0 spiro atoms. The van der Waals surface area contributed by atoms with E-state index >= 15 is 0 Å². The highest BCUT2D eigenvalue weighted by Crippen LogP contribution is 2.32. The maximum absolute atomic E-state index is 13.2. The second kappa shape index (κ2) is 11.8. The van der Waals surface area contributed by atoms with Crippen LogP contribution in [0.2, 0.25) is 0 Å². The van der Waals surface area contributed by atoms with E-state index in [1.54, 1.807) is 20.4 Å². The number of unbranched alkanes of at least 4 members (excludes halogenated alkanes) is 1. The van der Waals surface area contributed by atoms with Gasteiger partial charge in [-0.25, -0.2) is 4.98 Å². The Morgan fingerprint density at radius 3 is 2.68 bits per heavy atom. The molecule has 0 radical (unpaired) electrons. The molecule has 2 aliphatic rings. The van der Waals surface area contributed by atoms with E-state index in [2.05, 4.69) is 10.3 Å². The van der Waals surface area contributed by atoms with Crippen LogP contribution in [0.3, 0.4) is 0 Å². The summed E-state index contributed by atoms with van der Waals surface area (Å²) in [4.78, 5) is 31.8. The second-order valence-corrected chi connectivity index (χ2v) is 9.68. The third-order valence-electron chi connectivity index (χ3n) is 7.59. The first-order valence-corrected chi connectivity index (χ1v) is 12.6. The molecule has 3 atom stereocenters. The summed E-state index contributed by atoms with van der Waals surface area (Å²) in [5, 5.41) is 3.02. The predicted molar refractivity (Wildman–Crippen MR) is 130 cm³/mol. The molecule has 3 heterocycles. The third kappa shape index (κ3) is 5.96. The largest absolute Gasteiger partial charge is 0.381 e. The molecule has 3 unspecified atom stereocenters. The zero-order valence-corrected chi connectivity index (χ0v) is 20.4. The van der Waals surface area contributed by atoms with E-state index in [-0.39, 0.29) is 29.9 Å². The summed E-state index contributed by atoms with van der Waals surface area (Å²) in [7, 11) is 3.45. The number of amides is 2. The summed E-state index contributed by atoms with van der Waals surface area (Å²) in [6, 6.07) is 3.66. The van der Waals surface area contributed by atoms with Gasteiger partial charge >= 0.3 is 0 Å². The predicted octanol–water partition coefficient (Wildman–Crippen LogP) is 3.30. The SMILES string of the molecule is COC1CCC(OC)C(C(=O)N2CCC(CCCCNC(=O)c3ccc4nccn4c3)CC2)C1. The van der Waals surface area contributed by atoms with Crippen molar-refractivity contribution in [3.63, 3.8) is 0 Å². The van der Waals surface area contributed by atoms with Crippen LogP contribution in [0.4, 0.5) is 0 Å². The number of hydrogen-bond acceptors (Lipinski definition) is 5.